The van der Waals surface area contributed by atoms with Crippen molar-refractivity contribution in [1.82, 2.24) is 0 Å². The van der Waals surface area contributed by atoms with E-state index in [1.165, 1.54) is 0 Å². The highest BCUT2D eigenvalue weighted by molar-refractivity contribution is 6.32. The number of methoxy groups -OCH3 is 2. The largest absolute Gasteiger partial charge is 0.496 e. The molecule has 1 rings (SSSR count). The quantitative estimate of drug-likeness (QED) is 0.736. The summed E-state index contributed by atoms with van der Waals surface area (Å²) in [6.07, 6.45) is 5.12. The predicted octanol–water partition coefficient (Wildman–Crippen LogP) is 4.11. The van der Waals surface area contributed by atoms with E-state index in [0.717, 1.165) is 17.7 Å². The minimum Gasteiger partial charge on any atom is -0.496 e. The second-order valence-corrected chi connectivity index (χ2v) is 4.41. The van der Waals surface area contributed by atoms with Crippen molar-refractivity contribution in [3.05, 3.63) is 34.9 Å². The second kappa shape index (κ2) is 6.55. The van der Waals surface area contributed by atoms with Crippen molar-refractivity contribution in [2.24, 2.45) is 5.92 Å². The molecule has 2 nitrogen and oxygen atoms in total. The number of ether oxygens (including phenoxy) is 2. The van der Waals surface area contributed by atoms with Crippen molar-refractivity contribution in [3.63, 3.8) is 0 Å². The molecule has 0 bridgehead atoms. The van der Waals surface area contributed by atoms with E-state index < -0.39 is 0 Å². The lowest BCUT2D eigenvalue weighted by Crippen LogP contribution is -2.00. The van der Waals surface area contributed by atoms with Crippen LogP contribution in [-0.2, 0) is 6.42 Å². The zero-order valence-corrected chi connectivity index (χ0v) is 11.5. The predicted molar refractivity (Wildman–Crippen MR) is 72.2 cm³/mol. The van der Waals surface area contributed by atoms with Crippen LogP contribution in [0.15, 0.2) is 24.3 Å². The van der Waals surface area contributed by atoms with E-state index in [1.54, 1.807) is 14.2 Å². The van der Waals surface area contributed by atoms with E-state index in [2.05, 4.69) is 19.1 Å². The van der Waals surface area contributed by atoms with Crippen LogP contribution in [0.25, 0.3) is 0 Å². The number of hydrogen-bond donors (Lipinski definition) is 0. The first-order chi connectivity index (χ1) is 8.12. The molecule has 0 aliphatic rings. The summed E-state index contributed by atoms with van der Waals surface area (Å²) >= 11 is 6.12. The molecular formula is C14H19ClO2. The van der Waals surface area contributed by atoms with Crippen LogP contribution in [0.1, 0.15) is 19.4 Å². The van der Waals surface area contributed by atoms with E-state index in [-0.39, 0.29) is 0 Å². The second-order valence-electron chi connectivity index (χ2n) is 4.01. The lowest BCUT2D eigenvalue weighted by Gasteiger charge is -2.14. The maximum absolute atomic E-state index is 6.12. The average molecular weight is 255 g/mol. The molecule has 0 amide bonds. The summed E-state index contributed by atoms with van der Waals surface area (Å²) in [6.45, 7) is 4.19. The zero-order chi connectivity index (χ0) is 12.8. The number of halogens is 1. The molecule has 0 aliphatic carbocycles. The number of rotatable bonds is 5. The van der Waals surface area contributed by atoms with Gasteiger partial charge < -0.3 is 9.47 Å². The third kappa shape index (κ3) is 3.67. The van der Waals surface area contributed by atoms with Crippen molar-refractivity contribution in [3.8, 4) is 11.5 Å². The third-order valence-electron chi connectivity index (χ3n) is 2.62. The molecule has 3 heteroatoms. The fourth-order valence-electron chi connectivity index (χ4n) is 1.83. The normalized spacial score (nSPS) is 12.8. The first kappa shape index (κ1) is 13.9. The minimum atomic E-state index is 0.457. The molecule has 0 radical (unpaired) electrons. The molecule has 0 heterocycles. The summed E-state index contributed by atoms with van der Waals surface area (Å²) < 4.78 is 10.5. The van der Waals surface area contributed by atoms with Crippen LogP contribution < -0.4 is 9.47 Å². The Kier molecular flexibility index (Phi) is 5.36. The van der Waals surface area contributed by atoms with E-state index in [4.69, 9.17) is 21.1 Å². The lowest BCUT2D eigenvalue weighted by molar-refractivity contribution is 0.390. The molecule has 0 N–H and O–H groups in total. The molecular weight excluding hydrogens is 236 g/mol. The molecule has 0 spiro atoms. The van der Waals surface area contributed by atoms with Gasteiger partial charge in [0.2, 0.25) is 0 Å². The van der Waals surface area contributed by atoms with Crippen molar-refractivity contribution in [2.45, 2.75) is 20.3 Å². The van der Waals surface area contributed by atoms with Crippen LogP contribution in [0, 0.1) is 5.92 Å². The fraction of sp³-hybridized carbons (Fsp3) is 0.429. The molecule has 1 unspecified atom stereocenters. The van der Waals surface area contributed by atoms with Crippen LogP contribution >= 0.6 is 11.6 Å². The van der Waals surface area contributed by atoms with Gasteiger partial charge in [0.25, 0.3) is 0 Å². The summed E-state index contributed by atoms with van der Waals surface area (Å²) in [5.41, 5.74) is 1.10. The standard InChI is InChI=1S/C14H19ClO2/c1-5-6-10(2)7-11-8-12(15)14(17-4)9-13(11)16-3/h5-6,8-10H,7H2,1-4H3/b6-5-. The fourth-order valence-corrected chi connectivity index (χ4v) is 2.09. The van der Waals surface area contributed by atoms with Crippen LogP contribution in [0.3, 0.4) is 0 Å². The minimum absolute atomic E-state index is 0.457. The average Bonchev–Trinajstić information content (AvgIpc) is 2.29. The highest BCUT2D eigenvalue weighted by Gasteiger charge is 2.11. The molecule has 17 heavy (non-hydrogen) atoms. The molecule has 1 aromatic carbocycles. The molecule has 0 fully saturated rings. The van der Waals surface area contributed by atoms with E-state index >= 15 is 0 Å². The van der Waals surface area contributed by atoms with E-state index in [9.17, 15) is 0 Å². The monoisotopic (exact) mass is 254 g/mol. The summed E-state index contributed by atoms with van der Waals surface area (Å²) in [4.78, 5) is 0. The van der Waals surface area contributed by atoms with Gasteiger partial charge in [0.1, 0.15) is 11.5 Å². The van der Waals surface area contributed by atoms with Gasteiger partial charge in [-0.1, -0.05) is 30.7 Å². The van der Waals surface area contributed by atoms with Gasteiger partial charge >= 0.3 is 0 Å². The van der Waals surface area contributed by atoms with Crippen LogP contribution in [-0.4, -0.2) is 14.2 Å². The summed E-state index contributed by atoms with van der Waals surface area (Å²) in [6, 6.07) is 3.75. The number of benzene rings is 1. The number of hydrogen-bond acceptors (Lipinski definition) is 2. The zero-order valence-electron chi connectivity index (χ0n) is 10.8. The van der Waals surface area contributed by atoms with Crippen molar-refractivity contribution < 1.29 is 9.47 Å². The van der Waals surface area contributed by atoms with Crippen LogP contribution in [0.5, 0.6) is 11.5 Å². The summed E-state index contributed by atoms with van der Waals surface area (Å²) in [5, 5.41) is 0.621. The third-order valence-corrected chi connectivity index (χ3v) is 2.91. The first-order valence-corrected chi connectivity index (χ1v) is 6.03. The topological polar surface area (TPSA) is 18.5 Å². The van der Waals surface area contributed by atoms with E-state index in [1.807, 2.05) is 19.1 Å². The molecule has 94 valence electrons. The Balaban J connectivity index is 3.02. The first-order valence-electron chi connectivity index (χ1n) is 5.65. The highest BCUT2D eigenvalue weighted by atomic mass is 35.5. The van der Waals surface area contributed by atoms with Crippen LogP contribution in [0.4, 0.5) is 0 Å². The molecule has 1 aromatic rings. The number of allylic oxidation sites excluding steroid dienone is 2. The van der Waals surface area contributed by atoms with Gasteiger partial charge in [0.15, 0.2) is 0 Å². The van der Waals surface area contributed by atoms with Gasteiger partial charge in [-0.2, -0.15) is 0 Å². The smallest absolute Gasteiger partial charge is 0.141 e. The van der Waals surface area contributed by atoms with Gasteiger partial charge in [-0.25, -0.2) is 0 Å². The van der Waals surface area contributed by atoms with Gasteiger partial charge in [0, 0.05) is 6.07 Å². The molecule has 1 atom stereocenters. The lowest BCUT2D eigenvalue weighted by atomic mass is 10.00. The van der Waals surface area contributed by atoms with Crippen LogP contribution in [0.2, 0.25) is 5.02 Å². The Hall–Kier alpha value is -1.15. The highest BCUT2D eigenvalue weighted by Crippen LogP contribution is 2.33. The Bertz CT molecular complexity index is 399. The van der Waals surface area contributed by atoms with Gasteiger partial charge in [-0.15, -0.1) is 0 Å². The van der Waals surface area contributed by atoms with Crippen molar-refractivity contribution in [1.29, 1.82) is 0 Å². The Morgan fingerprint density at radius 3 is 2.41 bits per heavy atom. The molecule has 0 aliphatic heterocycles. The van der Waals surface area contributed by atoms with Gasteiger partial charge in [-0.3, -0.25) is 0 Å². The maximum Gasteiger partial charge on any atom is 0.141 e. The molecule has 0 aromatic heterocycles. The molecule has 0 saturated heterocycles. The van der Waals surface area contributed by atoms with Gasteiger partial charge in [0.05, 0.1) is 19.2 Å². The maximum atomic E-state index is 6.12. The Labute approximate surface area is 108 Å². The summed E-state index contributed by atoms with van der Waals surface area (Å²) in [5.74, 6) is 1.92. The molecule has 0 saturated carbocycles. The SMILES string of the molecule is C/C=C\C(C)Cc1cc(Cl)c(OC)cc1OC. The van der Waals surface area contributed by atoms with E-state index in [0.29, 0.717) is 16.7 Å². The van der Waals surface area contributed by atoms with Crippen molar-refractivity contribution in [2.75, 3.05) is 14.2 Å². The Morgan fingerprint density at radius 1 is 1.24 bits per heavy atom. The Morgan fingerprint density at radius 2 is 1.88 bits per heavy atom. The van der Waals surface area contributed by atoms with Gasteiger partial charge in [-0.05, 0) is 30.9 Å². The summed E-state index contributed by atoms with van der Waals surface area (Å²) in [7, 11) is 3.26. The van der Waals surface area contributed by atoms with Crippen molar-refractivity contribution >= 4 is 11.6 Å².